The van der Waals surface area contributed by atoms with E-state index in [-0.39, 0.29) is 17.6 Å². The number of ketones is 1. The first kappa shape index (κ1) is 25.6. The summed E-state index contributed by atoms with van der Waals surface area (Å²) in [5.74, 6) is 0.00913. The van der Waals surface area contributed by atoms with Gasteiger partial charge in [-0.25, -0.2) is 0 Å². The molecule has 0 atom stereocenters. The fourth-order valence-corrected chi connectivity index (χ4v) is 3.26. The molecule has 0 aliphatic rings. The summed E-state index contributed by atoms with van der Waals surface area (Å²) in [4.78, 5) is 40.6. The highest BCUT2D eigenvalue weighted by Crippen LogP contribution is 2.34. The minimum Gasteiger partial charge on any atom is -0.496 e. The van der Waals surface area contributed by atoms with Crippen molar-refractivity contribution in [3.8, 4) is 5.75 Å². The van der Waals surface area contributed by atoms with Gasteiger partial charge in [-0.3, -0.25) is 14.4 Å². The average molecular weight is 449 g/mol. The lowest BCUT2D eigenvalue weighted by Crippen LogP contribution is -2.27. The van der Waals surface area contributed by atoms with Gasteiger partial charge in [0.2, 0.25) is 0 Å². The summed E-state index contributed by atoms with van der Waals surface area (Å²) in [6, 6.07) is 10.1. The van der Waals surface area contributed by atoms with E-state index in [9.17, 15) is 14.4 Å². The highest BCUT2D eigenvalue weighted by molar-refractivity contribution is 6.07. The van der Waals surface area contributed by atoms with E-state index in [1.165, 1.54) is 23.0 Å². The minimum absolute atomic E-state index is 0.126. The van der Waals surface area contributed by atoms with Crippen molar-refractivity contribution in [1.82, 2.24) is 9.80 Å². The van der Waals surface area contributed by atoms with E-state index in [1.807, 2.05) is 19.9 Å². The summed E-state index contributed by atoms with van der Waals surface area (Å²) in [5.41, 5.74) is 2.48. The van der Waals surface area contributed by atoms with Crippen molar-refractivity contribution < 1.29 is 19.1 Å². The quantitative estimate of drug-likeness (QED) is 0.340. The third-order valence-corrected chi connectivity index (χ3v) is 5.45. The molecule has 0 aliphatic carbocycles. The normalized spacial score (nSPS) is 11.2. The number of nitrogens with zero attached hydrogens (tertiary/aromatic N) is 2. The number of methoxy groups -OCH3 is 1. The monoisotopic (exact) mass is 448 g/mol. The Morgan fingerprint density at radius 2 is 1.45 bits per heavy atom. The van der Waals surface area contributed by atoms with Crippen LogP contribution in [0.1, 0.15) is 56.0 Å². The molecule has 0 saturated carbocycles. The van der Waals surface area contributed by atoms with Crippen molar-refractivity contribution in [3.63, 3.8) is 0 Å². The molecule has 0 aromatic heterocycles. The molecule has 0 spiro atoms. The third kappa shape index (κ3) is 5.77. The molecule has 2 rings (SSSR count). The van der Waals surface area contributed by atoms with Gasteiger partial charge in [0.25, 0.3) is 11.8 Å². The number of allylic oxidation sites excluding steroid dienone is 2. The molecule has 0 fully saturated rings. The summed E-state index contributed by atoms with van der Waals surface area (Å²) >= 11 is 0. The molecule has 0 unspecified atom stereocenters. The largest absolute Gasteiger partial charge is 0.496 e. The van der Waals surface area contributed by atoms with Crippen LogP contribution in [0.25, 0.3) is 6.08 Å². The molecule has 0 bridgehead atoms. The topological polar surface area (TPSA) is 66.9 Å². The predicted octanol–water partition coefficient (Wildman–Crippen LogP) is 4.46. The van der Waals surface area contributed by atoms with Gasteiger partial charge in [0.05, 0.1) is 7.11 Å². The zero-order valence-electron chi connectivity index (χ0n) is 20.4. The van der Waals surface area contributed by atoms with Crippen molar-refractivity contribution in [2.45, 2.75) is 19.3 Å². The Balaban J connectivity index is 2.46. The van der Waals surface area contributed by atoms with Crippen LogP contribution in [-0.4, -0.2) is 62.7 Å². The van der Waals surface area contributed by atoms with E-state index in [0.717, 1.165) is 5.56 Å². The minimum atomic E-state index is -0.477. The Labute approximate surface area is 196 Å². The molecule has 0 aliphatic heterocycles. The van der Waals surface area contributed by atoms with Crippen LogP contribution >= 0.6 is 0 Å². The van der Waals surface area contributed by atoms with Crippen molar-refractivity contribution in [3.05, 3.63) is 82.9 Å². The van der Waals surface area contributed by atoms with E-state index >= 15 is 0 Å². The predicted molar refractivity (Wildman–Crippen MR) is 132 cm³/mol. The van der Waals surface area contributed by atoms with Gasteiger partial charge in [0.15, 0.2) is 5.78 Å². The summed E-state index contributed by atoms with van der Waals surface area (Å²) < 4.78 is 5.52. The smallest absolute Gasteiger partial charge is 0.253 e. The van der Waals surface area contributed by atoms with E-state index in [2.05, 4.69) is 6.58 Å². The summed E-state index contributed by atoms with van der Waals surface area (Å²) in [7, 11) is 8.28. The molecule has 2 amide bonds. The standard InChI is InChI=1S/C27H32N2O4/c1-9-27(2,3)22-16-20(24(33-8)17-21(22)26(32)29(6)7)14-15-23(30)18-10-12-19(13-11-18)25(31)28(4)5/h9-17H,1H2,2-8H3/b15-14+. The number of hydrogen-bond donors (Lipinski definition) is 0. The van der Waals surface area contributed by atoms with Crippen molar-refractivity contribution in [2.24, 2.45) is 0 Å². The number of amides is 2. The van der Waals surface area contributed by atoms with Crippen LogP contribution in [-0.2, 0) is 5.41 Å². The third-order valence-electron chi connectivity index (χ3n) is 5.45. The van der Waals surface area contributed by atoms with Crippen LogP contribution in [0.3, 0.4) is 0 Å². The molecule has 2 aromatic carbocycles. The van der Waals surface area contributed by atoms with Gasteiger partial charge in [0.1, 0.15) is 5.75 Å². The number of benzene rings is 2. The van der Waals surface area contributed by atoms with E-state index in [0.29, 0.717) is 28.0 Å². The lowest BCUT2D eigenvalue weighted by Gasteiger charge is -2.26. The van der Waals surface area contributed by atoms with E-state index in [1.54, 1.807) is 70.7 Å². The SMILES string of the molecule is C=CC(C)(C)c1cc(/C=C/C(=O)c2ccc(C(=O)N(C)C)cc2)c(OC)cc1C(=O)N(C)C. The Bertz CT molecular complexity index is 1090. The van der Waals surface area contributed by atoms with Crippen molar-refractivity contribution in [2.75, 3.05) is 35.3 Å². The average Bonchev–Trinajstić information content (AvgIpc) is 2.80. The fraction of sp³-hybridized carbons (Fsp3) is 0.296. The lowest BCUT2D eigenvalue weighted by molar-refractivity contribution is 0.0819. The second-order valence-electron chi connectivity index (χ2n) is 8.74. The first-order chi connectivity index (χ1) is 15.4. The number of carbonyl (C=O) groups excluding carboxylic acids is 3. The lowest BCUT2D eigenvalue weighted by atomic mass is 9.80. The Morgan fingerprint density at radius 3 is 1.94 bits per heavy atom. The molecular weight excluding hydrogens is 416 g/mol. The van der Waals surface area contributed by atoms with Crippen molar-refractivity contribution in [1.29, 1.82) is 0 Å². The molecular formula is C27H32N2O4. The second-order valence-corrected chi connectivity index (χ2v) is 8.74. The van der Waals surface area contributed by atoms with Crippen LogP contribution in [0.4, 0.5) is 0 Å². The number of carbonyl (C=O) groups is 3. The van der Waals surface area contributed by atoms with Gasteiger partial charge in [-0.05, 0) is 42.0 Å². The molecule has 0 heterocycles. The maximum Gasteiger partial charge on any atom is 0.253 e. The first-order valence-electron chi connectivity index (χ1n) is 10.5. The van der Waals surface area contributed by atoms with Crippen LogP contribution in [0, 0.1) is 0 Å². The molecule has 174 valence electrons. The van der Waals surface area contributed by atoms with Crippen LogP contribution in [0.2, 0.25) is 0 Å². The molecule has 6 nitrogen and oxygen atoms in total. The second kappa shape index (κ2) is 10.3. The Kier molecular flexibility index (Phi) is 7.99. The maximum atomic E-state index is 12.8. The van der Waals surface area contributed by atoms with E-state index in [4.69, 9.17) is 4.74 Å². The zero-order chi connectivity index (χ0) is 24.9. The molecule has 6 heteroatoms. The van der Waals surface area contributed by atoms with Crippen LogP contribution in [0.5, 0.6) is 5.75 Å². The molecule has 2 aromatic rings. The Morgan fingerprint density at radius 1 is 0.909 bits per heavy atom. The number of ether oxygens (including phenoxy) is 1. The summed E-state index contributed by atoms with van der Waals surface area (Å²) in [6.07, 6.45) is 4.92. The summed E-state index contributed by atoms with van der Waals surface area (Å²) in [6.45, 7) is 7.87. The maximum absolute atomic E-state index is 12.8. The number of hydrogen-bond acceptors (Lipinski definition) is 4. The van der Waals surface area contributed by atoms with E-state index < -0.39 is 5.41 Å². The van der Waals surface area contributed by atoms with Gasteiger partial charge < -0.3 is 14.5 Å². The molecule has 0 saturated heterocycles. The van der Waals surface area contributed by atoms with Crippen LogP contribution < -0.4 is 4.74 Å². The van der Waals surface area contributed by atoms with Gasteiger partial charge in [-0.2, -0.15) is 0 Å². The van der Waals surface area contributed by atoms with Gasteiger partial charge in [-0.1, -0.05) is 32.1 Å². The number of rotatable bonds is 8. The van der Waals surface area contributed by atoms with Gasteiger partial charge in [-0.15, -0.1) is 6.58 Å². The molecule has 0 radical (unpaired) electrons. The zero-order valence-corrected chi connectivity index (χ0v) is 20.4. The molecule has 33 heavy (non-hydrogen) atoms. The fourth-order valence-electron chi connectivity index (χ4n) is 3.26. The van der Waals surface area contributed by atoms with Gasteiger partial charge >= 0.3 is 0 Å². The molecule has 0 N–H and O–H groups in total. The van der Waals surface area contributed by atoms with Crippen molar-refractivity contribution >= 4 is 23.7 Å². The first-order valence-corrected chi connectivity index (χ1v) is 10.5. The van der Waals surface area contributed by atoms with Gasteiger partial charge in [0, 0.05) is 55.9 Å². The Hall–Kier alpha value is -3.67. The highest BCUT2D eigenvalue weighted by atomic mass is 16.5. The summed E-state index contributed by atoms with van der Waals surface area (Å²) in [5, 5.41) is 0. The van der Waals surface area contributed by atoms with Crippen LogP contribution in [0.15, 0.2) is 55.1 Å². The highest BCUT2D eigenvalue weighted by Gasteiger charge is 2.26.